The zero-order valence-corrected chi connectivity index (χ0v) is 29.2. The average molecular weight is 701 g/mol. The summed E-state index contributed by atoms with van der Waals surface area (Å²) in [5.41, 5.74) is 1.31. The van der Waals surface area contributed by atoms with E-state index in [1.165, 1.54) is 0 Å². The van der Waals surface area contributed by atoms with Gasteiger partial charge >= 0.3 is 0 Å². The molecular weight excluding hydrogens is 657 g/mol. The molecule has 0 bridgehead atoms. The van der Waals surface area contributed by atoms with Crippen LogP contribution in [0.1, 0.15) is 0 Å². The van der Waals surface area contributed by atoms with Gasteiger partial charge in [0.25, 0.3) is 0 Å². The second-order valence-electron chi connectivity index (χ2n) is 11.4. The van der Waals surface area contributed by atoms with Crippen molar-refractivity contribution in [2.45, 2.75) is 0 Å². The second-order valence-corrected chi connectivity index (χ2v) is 13.1. The van der Waals surface area contributed by atoms with E-state index in [0.717, 1.165) is 55.3 Å². The Bertz CT molecular complexity index is 1540. The van der Waals surface area contributed by atoms with Crippen molar-refractivity contribution in [3.8, 4) is 0 Å². The number of ether oxygens (including phenoxy) is 2. The molecule has 6 heterocycles. The number of nitrogens with zero attached hydrogens (tertiary/aromatic N) is 12. The molecule has 2 aliphatic rings. The lowest BCUT2D eigenvalue weighted by molar-refractivity contribution is 0.189. The van der Waals surface area contributed by atoms with Crippen LogP contribution < -0.4 is 29.4 Å². The average Bonchev–Trinajstić information content (AvgIpc) is 3.87. The Morgan fingerprint density at radius 3 is 1.35 bits per heavy atom. The summed E-state index contributed by atoms with van der Waals surface area (Å²) in [4.78, 5) is 42.6. The zero-order chi connectivity index (χ0) is 33.3. The normalized spacial score (nSPS) is 15.5. The number of fused-ring (bicyclic) bond motifs is 1. The highest BCUT2D eigenvalue weighted by atomic mass is 32.1. The number of methoxy groups -OCH3 is 2. The second kappa shape index (κ2) is 16.6. The van der Waals surface area contributed by atoms with Crippen LogP contribution in [0.5, 0.6) is 0 Å². The Balaban J connectivity index is 1.45. The van der Waals surface area contributed by atoms with E-state index >= 15 is 0 Å². The molecule has 260 valence electrons. The summed E-state index contributed by atoms with van der Waals surface area (Å²) < 4.78 is 10.9. The number of rotatable bonds is 16. The van der Waals surface area contributed by atoms with E-state index < -0.39 is 0 Å². The van der Waals surface area contributed by atoms with Gasteiger partial charge in [0, 0.05) is 116 Å². The number of anilines is 6. The van der Waals surface area contributed by atoms with Crippen molar-refractivity contribution in [2.24, 2.45) is 0 Å². The summed E-state index contributed by atoms with van der Waals surface area (Å²) in [6.07, 6.45) is 3.68. The Morgan fingerprint density at radius 1 is 0.604 bits per heavy atom. The molecule has 0 radical (unpaired) electrons. The van der Waals surface area contributed by atoms with Gasteiger partial charge in [0.1, 0.15) is 11.0 Å². The first-order valence-electron chi connectivity index (χ1n) is 16.2. The van der Waals surface area contributed by atoms with E-state index in [9.17, 15) is 10.2 Å². The summed E-state index contributed by atoms with van der Waals surface area (Å²) in [5, 5.41) is 25.8. The van der Waals surface area contributed by atoms with Gasteiger partial charge in [0.15, 0.2) is 21.9 Å². The number of hydrogen-bond donors (Lipinski definition) is 2. The third-order valence-electron chi connectivity index (χ3n) is 8.46. The van der Waals surface area contributed by atoms with Crippen molar-refractivity contribution in [1.82, 2.24) is 29.9 Å². The molecule has 0 unspecified atom stereocenters. The Kier molecular flexibility index (Phi) is 11.8. The molecule has 18 heteroatoms. The summed E-state index contributed by atoms with van der Waals surface area (Å²) in [7, 11) is 3.37. The smallest absolute Gasteiger partial charge is 0.228 e. The fraction of sp³-hybridized carbons (Fsp3) is 0.600. The monoisotopic (exact) mass is 700 g/mol. The summed E-state index contributed by atoms with van der Waals surface area (Å²) in [6, 6.07) is 0. The van der Waals surface area contributed by atoms with Gasteiger partial charge in [-0.3, -0.25) is 0 Å². The third kappa shape index (κ3) is 7.79. The number of aliphatic hydroxyl groups is 2. The molecule has 4 aromatic heterocycles. The van der Waals surface area contributed by atoms with Crippen LogP contribution in [0.25, 0.3) is 11.0 Å². The van der Waals surface area contributed by atoms with Gasteiger partial charge in [-0.05, 0) is 0 Å². The molecule has 0 aromatic carbocycles. The molecule has 4 aromatic rings. The third-order valence-corrected chi connectivity index (χ3v) is 10.1. The highest BCUT2D eigenvalue weighted by Crippen LogP contribution is 2.34. The maximum atomic E-state index is 9.91. The minimum Gasteiger partial charge on any atom is -0.395 e. The van der Waals surface area contributed by atoms with E-state index in [4.69, 9.17) is 29.4 Å². The summed E-state index contributed by atoms with van der Waals surface area (Å²) >= 11 is 3.28. The maximum absolute atomic E-state index is 9.91. The van der Waals surface area contributed by atoms with Crippen LogP contribution in [0.2, 0.25) is 0 Å². The SMILES string of the molecule is COCCN(CCOC)c1nc(N2CCN(c3nccs3)CC2)c2nc(N(CCO)CCO)nc(N3CCN(c4nccs4)CC3)c2n1. The Labute approximate surface area is 288 Å². The molecule has 2 N–H and O–H groups in total. The molecule has 48 heavy (non-hydrogen) atoms. The van der Waals surface area contributed by atoms with Crippen LogP contribution >= 0.6 is 22.7 Å². The molecule has 0 aliphatic carbocycles. The highest BCUT2D eigenvalue weighted by Gasteiger charge is 2.29. The Hall–Kier alpha value is -3.68. The number of hydrogen-bond acceptors (Lipinski definition) is 18. The molecule has 6 rings (SSSR count). The number of thiazole rings is 2. The van der Waals surface area contributed by atoms with Gasteiger partial charge in [0.2, 0.25) is 11.9 Å². The summed E-state index contributed by atoms with van der Waals surface area (Å²) in [6.45, 7) is 8.56. The molecule has 0 spiro atoms. The number of aliphatic hydroxyl groups excluding tert-OH is 2. The van der Waals surface area contributed by atoms with Gasteiger partial charge in [-0.25, -0.2) is 19.9 Å². The van der Waals surface area contributed by atoms with E-state index in [2.05, 4.69) is 34.5 Å². The van der Waals surface area contributed by atoms with Crippen molar-refractivity contribution in [1.29, 1.82) is 0 Å². The molecule has 0 saturated carbocycles. The van der Waals surface area contributed by atoms with E-state index in [0.29, 0.717) is 68.1 Å². The lowest BCUT2D eigenvalue weighted by Gasteiger charge is -2.37. The van der Waals surface area contributed by atoms with Crippen LogP contribution in [0, 0.1) is 0 Å². The van der Waals surface area contributed by atoms with Gasteiger partial charge in [-0.2, -0.15) is 9.97 Å². The standard InChI is InChI=1S/C30H44N12O4S2/c1-45-19-15-40(16-20-46-2)28-34-24-23(26(36-28)38-7-11-42(12-8-38)30-32-4-22-48-30)33-27(39(13-17-43)14-18-44)35-25(24)37-5-9-41(10-6-37)29-31-3-21-47-29/h3-4,21-22,43-44H,5-20H2,1-2H3. The minimum atomic E-state index is -0.0990. The van der Waals surface area contributed by atoms with Crippen molar-refractivity contribution < 1.29 is 19.7 Å². The van der Waals surface area contributed by atoms with Gasteiger partial charge in [-0.1, -0.05) is 0 Å². The van der Waals surface area contributed by atoms with E-state index in [1.807, 2.05) is 28.1 Å². The number of piperazine rings is 2. The minimum absolute atomic E-state index is 0.0990. The first-order valence-corrected chi connectivity index (χ1v) is 18.0. The van der Waals surface area contributed by atoms with Crippen LogP contribution in [-0.4, -0.2) is 159 Å². The van der Waals surface area contributed by atoms with Crippen molar-refractivity contribution in [2.75, 3.05) is 149 Å². The van der Waals surface area contributed by atoms with Crippen LogP contribution in [0.3, 0.4) is 0 Å². The largest absolute Gasteiger partial charge is 0.395 e. The zero-order valence-electron chi connectivity index (χ0n) is 27.5. The molecular formula is C30H44N12O4S2. The molecule has 0 amide bonds. The molecule has 0 atom stereocenters. The molecule has 2 fully saturated rings. The summed E-state index contributed by atoms with van der Waals surface area (Å²) in [5.74, 6) is 2.43. The highest BCUT2D eigenvalue weighted by molar-refractivity contribution is 7.13. The quantitative estimate of drug-likeness (QED) is 0.170. The lowest BCUT2D eigenvalue weighted by atomic mass is 10.2. The molecule has 2 aliphatic heterocycles. The molecule has 2 saturated heterocycles. The first-order chi connectivity index (χ1) is 23.6. The van der Waals surface area contributed by atoms with Crippen molar-refractivity contribution in [3.63, 3.8) is 0 Å². The molecule has 16 nitrogen and oxygen atoms in total. The van der Waals surface area contributed by atoms with E-state index in [1.54, 1.807) is 36.9 Å². The lowest BCUT2D eigenvalue weighted by Crippen LogP contribution is -2.47. The van der Waals surface area contributed by atoms with Crippen molar-refractivity contribution >= 4 is 67.5 Å². The predicted molar refractivity (Wildman–Crippen MR) is 191 cm³/mol. The van der Waals surface area contributed by atoms with Gasteiger partial charge < -0.3 is 49.1 Å². The number of aromatic nitrogens is 6. The fourth-order valence-corrected chi connectivity index (χ4v) is 7.31. The maximum Gasteiger partial charge on any atom is 0.228 e. The predicted octanol–water partition coefficient (Wildman–Crippen LogP) is 0.876. The van der Waals surface area contributed by atoms with E-state index in [-0.39, 0.29) is 26.3 Å². The first kappa shape index (κ1) is 34.2. The van der Waals surface area contributed by atoms with Crippen LogP contribution in [-0.2, 0) is 9.47 Å². The van der Waals surface area contributed by atoms with Gasteiger partial charge in [0.05, 0.1) is 26.4 Å². The van der Waals surface area contributed by atoms with Crippen molar-refractivity contribution in [3.05, 3.63) is 23.2 Å². The topological polar surface area (TPSA) is 156 Å². The van der Waals surface area contributed by atoms with Crippen LogP contribution in [0.4, 0.5) is 33.8 Å². The Morgan fingerprint density at radius 2 is 1.00 bits per heavy atom. The van der Waals surface area contributed by atoms with Gasteiger partial charge in [-0.15, -0.1) is 22.7 Å². The van der Waals surface area contributed by atoms with Crippen LogP contribution in [0.15, 0.2) is 23.2 Å². The fourth-order valence-electron chi connectivity index (χ4n) is 5.92.